The number of alkyl halides is 3. The minimum atomic E-state index is -4.35. The quantitative estimate of drug-likeness (QED) is 0.587. The van der Waals surface area contributed by atoms with E-state index >= 15 is 0 Å². The summed E-state index contributed by atoms with van der Waals surface area (Å²) < 4.78 is 37.1. The molecule has 0 bridgehead atoms. The SMILES string of the molecule is O=Cc1cc(C2(C(=O)NCCC(F)(F)F)CCC2)ccc1NC(=O)c1cccc(Cl)c1. The highest BCUT2D eigenvalue weighted by molar-refractivity contribution is 6.31. The monoisotopic (exact) mass is 452 g/mol. The molecule has 3 rings (SSSR count). The van der Waals surface area contributed by atoms with Gasteiger partial charge in [0.2, 0.25) is 5.91 Å². The molecule has 0 atom stereocenters. The molecule has 0 aromatic heterocycles. The summed E-state index contributed by atoms with van der Waals surface area (Å²) in [5, 5.41) is 5.40. The van der Waals surface area contributed by atoms with Gasteiger partial charge in [-0.15, -0.1) is 0 Å². The Labute approximate surface area is 182 Å². The number of nitrogens with one attached hydrogen (secondary N) is 2. The standard InChI is InChI=1S/C22H20ClF3N2O3/c23-17-4-1-3-14(12-17)19(30)28-18-6-5-16(11-15(18)13-29)21(7-2-8-21)20(31)27-10-9-22(24,25)26/h1,3-6,11-13H,2,7-10H2,(H,27,31)(H,28,30). The van der Waals surface area contributed by atoms with E-state index in [0.717, 1.165) is 6.42 Å². The summed E-state index contributed by atoms with van der Waals surface area (Å²) in [6, 6.07) is 10.9. The van der Waals surface area contributed by atoms with Gasteiger partial charge in [0.15, 0.2) is 6.29 Å². The van der Waals surface area contributed by atoms with Crippen LogP contribution in [0.5, 0.6) is 0 Å². The summed E-state index contributed by atoms with van der Waals surface area (Å²) in [4.78, 5) is 36.8. The summed E-state index contributed by atoms with van der Waals surface area (Å²) in [6.07, 6.45) is -3.22. The Morgan fingerprint density at radius 3 is 2.45 bits per heavy atom. The average Bonchev–Trinajstić information content (AvgIpc) is 2.67. The molecule has 1 aliphatic carbocycles. The lowest BCUT2D eigenvalue weighted by atomic mass is 9.63. The van der Waals surface area contributed by atoms with E-state index in [0.29, 0.717) is 35.3 Å². The van der Waals surface area contributed by atoms with Gasteiger partial charge in [0.05, 0.1) is 17.5 Å². The topological polar surface area (TPSA) is 75.3 Å². The van der Waals surface area contributed by atoms with E-state index in [-0.39, 0.29) is 11.3 Å². The average molecular weight is 453 g/mol. The Kier molecular flexibility index (Phi) is 6.69. The van der Waals surface area contributed by atoms with Crippen LogP contribution in [0.4, 0.5) is 18.9 Å². The van der Waals surface area contributed by atoms with E-state index in [9.17, 15) is 27.6 Å². The second kappa shape index (κ2) is 9.09. The molecule has 0 unspecified atom stereocenters. The van der Waals surface area contributed by atoms with Gasteiger partial charge in [-0.3, -0.25) is 14.4 Å². The third kappa shape index (κ3) is 5.25. The Bertz CT molecular complexity index is 1000. The van der Waals surface area contributed by atoms with E-state index in [1.54, 1.807) is 24.3 Å². The van der Waals surface area contributed by atoms with Gasteiger partial charge in [-0.25, -0.2) is 0 Å². The van der Waals surface area contributed by atoms with Crippen molar-refractivity contribution >= 4 is 35.4 Å². The molecule has 0 spiro atoms. The van der Waals surface area contributed by atoms with Crippen LogP contribution in [-0.2, 0) is 10.2 Å². The molecule has 2 N–H and O–H groups in total. The van der Waals surface area contributed by atoms with Crippen LogP contribution in [-0.4, -0.2) is 30.8 Å². The third-order valence-electron chi connectivity index (χ3n) is 5.40. The zero-order chi connectivity index (χ0) is 22.6. The van der Waals surface area contributed by atoms with Crippen LogP contribution in [0.2, 0.25) is 5.02 Å². The first-order valence-electron chi connectivity index (χ1n) is 9.66. The molecule has 0 aliphatic heterocycles. The van der Waals surface area contributed by atoms with Gasteiger partial charge in [0, 0.05) is 22.7 Å². The van der Waals surface area contributed by atoms with Gasteiger partial charge in [0.1, 0.15) is 0 Å². The van der Waals surface area contributed by atoms with Crippen molar-refractivity contribution in [1.29, 1.82) is 0 Å². The lowest BCUT2D eigenvalue weighted by Gasteiger charge is -2.41. The molecular formula is C22H20ClF3N2O3. The van der Waals surface area contributed by atoms with Crippen molar-refractivity contribution in [1.82, 2.24) is 5.32 Å². The fourth-order valence-corrected chi connectivity index (χ4v) is 3.75. The largest absolute Gasteiger partial charge is 0.390 e. The predicted molar refractivity (Wildman–Crippen MR) is 110 cm³/mol. The van der Waals surface area contributed by atoms with E-state index in [1.807, 2.05) is 0 Å². The number of carbonyl (C=O) groups is 3. The van der Waals surface area contributed by atoms with Gasteiger partial charge >= 0.3 is 6.18 Å². The fourth-order valence-electron chi connectivity index (χ4n) is 3.56. The number of benzene rings is 2. The van der Waals surface area contributed by atoms with Crippen LogP contribution < -0.4 is 10.6 Å². The van der Waals surface area contributed by atoms with Crippen molar-refractivity contribution in [2.24, 2.45) is 0 Å². The molecule has 2 aromatic carbocycles. The van der Waals surface area contributed by atoms with Crippen LogP contribution in [0.25, 0.3) is 0 Å². The van der Waals surface area contributed by atoms with Crippen molar-refractivity contribution < 1.29 is 27.6 Å². The molecule has 0 heterocycles. The van der Waals surface area contributed by atoms with Gasteiger partial charge < -0.3 is 10.6 Å². The Hall–Kier alpha value is -2.87. The zero-order valence-corrected chi connectivity index (χ0v) is 17.1. The number of rotatable bonds is 7. The first-order valence-corrected chi connectivity index (χ1v) is 10.0. The maximum atomic E-state index is 12.7. The highest BCUT2D eigenvalue weighted by Gasteiger charge is 2.46. The Morgan fingerprint density at radius 2 is 1.87 bits per heavy atom. The molecule has 31 heavy (non-hydrogen) atoms. The fraction of sp³-hybridized carbons (Fsp3) is 0.318. The minimum Gasteiger partial charge on any atom is -0.355 e. The zero-order valence-electron chi connectivity index (χ0n) is 16.4. The van der Waals surface area contributed by atoms with Crippen LogP contribution >= 0.6 is 11.6 Å². The normalized spacial score (nSPS) is 15.0. The second-order valence-corrected chi connectivity index (χ2v) is 7.88. The number of anilines is 1. The van der Waals surface area contributed by atoms with Crippen LogP contribution in [0.3, 0.4) is 0 Å². The number of hydrogen-bond donors (Lipinski definition) is 2. The van der Waals surface area contributed by atoms with Crippen molar-refractivity contribution in [3.63, 3.8) is 0 Å². The summed E-state index contributed by atoms with van der Waals surface area (Å²) in [7, 11) is 0. The van der Waals surface area contributed by atoms with Crippen LogP contribution in [0.1, 0.15) is 52.0 Å². The highest BCUT2D eigenvalue weighted by Crippen LogP contribution is 2.44. The molecule has 164 valence electrons. The maximum absolute atomic E-state index is 12.7. The first kappa shape index (κ1) is 22.8. The Morgan fingerprint density at radius 1 is 1.13 bits per heavy atom. The second-order valence-electron chi connectivity index (χ2n) is 7.44. The molecule has 2 aromatic rings. The summed E-state index contributed by atoms with van der Waals surface area (Å²) >= 11 is 5.90. The van der Waals surface area contributed by atoms with E-state index < -0.39 is 36.4 Å². The molecule has 1 aliphatic rings. The van der Waals surface area contributed by atoms with Crippen LogP contribution in [0, 0.1) is 0 Å². The molecule has 9 heteroatoms. The summed E-state index contributed by atoms with van der Waals surface area (Å²) in [5.41, 5.74) is 0.302. The third-order valence-corrected chi connectivity index (χ3v) is 5.64. The van der Waals surface area contributed by atoms with Crippen molar-refractivity contribution in [2.75, 3.05) is 11.9 Å². The molecule has 2 amide bonds. The van der Waals surface area contributed by atoms with E-state index in [1.165, 1.54) is 18.2 Å². The molecule has 0 saturated heterocycles. The highest BCUT2D eigenvalue weighted by atomic mass is 35.5. The van der Waals surface area contributed by atoms with Crippen LogP contribution in [0.15, 0.2) is 42.5 Å². The molecule has 1 saturated carbocycles. The molecule has 1 fully saturated rings. The lowest BCUT2D eigenvalue weighted by molar-refractivity contribution is -0.138. The summed E-state index contributed by atoms with van der Waals surface area (Å²) in [5.74, 6) is -0.947. The molecular weight excluding hydrogens is 433 g/mol. The van der Waals surface area contributed by atoms with E-state index in [4.69, 9.17) is 11.6 Å². The number of halogens is 4. The smallest absolute Gasteiger partial charge is 0.355 e. The lowest BCUT2D eigenvalue weighted by Crippen LogP contribution is -2.49. The number of carbonyl (C=O) groups excluding carboxylic acids is 3. The summed E-state index contributed by atoms with van der Waals surface area (Å²) in [6.45, 7) is -0.502. The predicted octanol–water partition coefficient (Wildman–Crippen LogP) is 4.90. The Balaban J connectivity index is 1.78. The number of aldehydes is 1. The molecule has 0 radical (unpaired) electrons. The number of hydrogen-bond acceptors (Lipinski definition) is 3. The van der Waals surface area contributed by atoms with Gasteiger partial charge in [-0.1, -0.05) is 30.2 Å². The number of amides is 2. The van der Waals surface area contributed by atoms with Crippen molar-refractivity contribution in [2.45, 2.75) is 37.3 Å². The van der Waals surface area contributed by atoms with Gasteiger partial charge in [0.25, 0.3) is 5.91 Å². The van der Waals surface area contributed by atoms with Crippen molar-refractivity contribution in [3.8, 4) is 0 Å². The van der Waals surface area contributed by atoms with E-state index in [2.05, 4.69) is 10.6 Å². The maximum Gasteiger partial charge on any atom is 0.390 e. The molecule has 5 nitrogen and oxygen atoms in total. The first-order chi connectivity index (χ1) is 14.6. The minimum absolute atomic E-state index is 0.169. The van der Waals surface area contributed by atoms with Gasteiger partial charge in [-0.2, -0.15) is 13.2 Å². The van der Waals surface area contributed by atoms with Gasteiger partial charge in [-0.05, 0) is 48.7 Å². The van der Waals surface area contributed by atoms with Crippen molar-refractivity contribution in [3.05, 3.63) is 64.2 Å².